The molecule has 0 aliphatic carbocycles. The second-order valence-corrected chi connectivity index (χ2v) is 5.96. The van der Waals surface area contributed by atoms with Gasteiger partial charge in [0.1, 0.15) is 17.3 Å². The summed E-state index contributed by atoms with van der Waals surface area (Å²) in [6, 6.07) is 11.9. The molecule has 1 unspecified atom stereocenters. The van der Waals surface area contributed by atoms with Gasteiger partial charge in [-0.1, -0.05) is 31.2 Å². The zero-order chi connectivity index (χ0) is 21.6. The van der Waals surface area contributed by atoms with Crippen molar-refractivity contribution in [2.75, 3.05) is 7.11 Å². The van der Waals surface area contributed by atoms with Crippen LogP contribution in [0.25, 0.3) is 0 Å². The normalized spacial score (nSPS) is 11.9. The summed E-state index contributed by atoms with van der Waals surface area (Å²) in [6.45, 7) is 1.46. The largest absolute Gasteiger partial charge is 0.496 e. The van der Waals surface area contributed by atoms with Crippen molar-refractivity contribution >= 4 is 47.5 Å². The first-order valence-corrected chi connectivity index (χ1v) is 8.60. The molecule has 160 valence electrons. The molecule has 10 heteroatoms. The Morgan fingerprint density at radius 2 is 1.80 bits per heavy atom. The number of nitrogens with two attached hydrogens (primary N) is 1. The van der Waals surface area contributed by atoms with E-state index in [4.69, 9.17) is 20.6 Å². The Morgan fingerprint density at radius 3 is 2.30 bits per heavy atom. The highest BCUT2D eigenvalue weighted by molar-refractivity contribution is 14.0. The highest BCUT2D eigenvalue weighted by Gasteiger charge is 2.50. The van der Waals surface area contributed by atoms with E-state index in [0.717, 1.165) is 0 Å². The van der Waals surface area contributed by atoms with Crippen LogP contribution in [0.15, 0.2) is 48.5 Å². The van der Waals surface area contributed by atoms with Gasteiger partial charge in [0.15, 0.2) is 0 Å². The first-order chi connectivity index (χ1) is 13.7. The number of hydrogen-bond acceptors (Lipinski definition) is 6. The van der Waals surface area contributed by atoms with Gasteiger partial charge in [0.25, 0.3) is 5.91 Å². The molecule has 0 fully saturated rings. The van der Waals surface area contributed by atoms with Crippen LogP contribution >= 0.6 is 24.0 Å². The Bertz CT molecular complexity index is 951. The topological polar surface area (TPSA) is 152 Å². The van der Waals surface area contributed by atoms with E-state index < -0.39 is 23.4 Å². The first kappa shape index (κ1) is 24.9. The first-order valence-electron chi connectivity index (χ1n) is 8.60. The number of ketones is 1. The van der Waals surface area contributed by atoms with Gasteiger partial charge in [0, 0.05) is 12.0 Å². The van der Waals surface area contributed by atoms with E-state index in [1.54, 1.807) is 18.2 Å². The maximum absolute atomic E-state index is 12.9. The van der Waals surface area contributed by atoms with Crippen molar-refractivity contribution in [1.82, 2.24) is 5.32 Å². The summed E-state index contributed by atoms with van der Waals surface area (Å²) in [7, 11) is 1.30. The SMILES string of the molecule is CCC(=O)C(NC(=O)c1ccc(C(=N)N)cc1OC)(Oc1ccccc1)C(=O)O.I. The summed E-state index contributed by atoms with van der Waals surface area (Å²) in [5.74, 6) is -3.50. The van der Waals surface area contributed by atoms with Crippen LogP contribution in [0.4, 0.5) is 0 Å². The molecular formula is C20H22IN3O6. The number of hydrogen-bond donors (Lipinski definition) is 4. The smallest absolute Gasteiger partial charge is 0.378 e. The Labute approximate surface area is 190 Å². The number of ether oxygens (including phenoxy) is 2. The lowest BCUT2D eigenvalue weighted by Gasteiger charge is -2.29. The van der Waals surface area contributed by atoms with Crippen LogP contribution in [0, 0.1) is 5.41 Å². The standard InChI is InChI=1S/C20H21N3O6.HI/c1-3-16(24)20(19(26)27,29-13-7-5-4-6-8-13)23-18(25)14-10-9-12(17(21)22)11-15(14)28-2;/h4-11H,3H2,1-2H3,(H3,21,22)(H,23,25)(H,26,27);1H. The number of nitrogen functional groups attached to an aromatic ring is 1. The van der Waals surface area contributed by atoms with Gasteiger partial charge in [-0.15, -0.1) is 24.0 Å². The molecular weight excluding hydrogens is 505 g/mol. The monoisotopic (exact) mass is 527 g/mol. The number of carbonyl (C=O) groups excluding carboxylic acids is 2. The predicted octanol–water partition coefficient (Wildman–Crippen LogP) is 2.17. The highest BCUT2D eigenvalue weighted by atomic mass is 127. The highest BCUT2D eigenvalue weighted by Crippen LogP contribution is 2.24. The molecule has 0 saturated heterocycles. The number of benzene rings is 2. The number of aliphatic carboxylic acids is 1. The number of amides is 1. The van der Waals surface area contributed by atoms with E-state index in [9.17, 15) is 19.5 Å². The Hall–Kier alpha value is -3.15. The molecule has 2 rings (SSSR count). The van der Waals surface area contributed by atoms with Crippen LogP contribution in [-0.4, -0.2) is 41.4 Å². The minimum absolute atomic E-state index is 0. The molecule has 0 heterocycles. The van der Waals surface area contributed by atoms with Crippen LogP contribution in [0.3, 0.4) is 0 Å². The van der Waals surface area contributed by atoms with E-state index in [-0.39, 0.29) is 53.3 Å². The fourth-order valence-corrected chi connectivity index (χ4v) is 2.56. The van der Waals surface area contributed by atoms with Gasteiger partial charge in [-0.2, -0.15) is 0 Å². The molecule has 2 aromatic rings. The molecule has 9 nitrogen and oxygen atoms in total. The molecule has 0 saturated carbocycles. The van der Waals surface area contributed by atoms with Crippen LogP contribution in [0.2, 0.25) is 0 Å². The molecule has 2 aromatic carbocycles. The second kappa shape index (κ2) is 10.6. The Morgan fingerprint density at radius 1 is 1.17 bits per heavy atom. The summed E-state index contributed by atoms with van der Waals surface area (Å²) >= 11 is 0. The van der Waals surface area contributed by atoms with E-state index in [1.807, 2.05) is 0 Å². The third-order valence-corrected chi connectivity index (χ3v) is 4.08. The minimum Gasteiger partial charge on any atom is -0.496 e. The van der Waals surface area contributed by atoms with Gasteiger partial charge < -0.3 is 20.3 Å². The Balaban J connectivity index is 0.00000450. The number of carboxylic acids is 1. The van der Waals surface area contributed by atoms with E-state index in [1.165, 1.54) is 44.4 Å². The number of carbonyl (C=O) groups is 3. The molecule has 0 bridgehead atoms. The predicted molar refractivity (Wildman–Crippen MR) is 120 cm³/mol. The van der Waals surface area contributed by atoms with Crippen LogP contribution < -0.4 is 20.5 Å². The lowest BCUT2D eigenvalue weighted by atomic mass is 10.0. The number of methoxy groups -OCH3 is 1. The van der Waals surface area contributed by atoms with Crippen molar-refractivity contribution in [1.29, 1.82) is 5.41 Å². The minimum atomic E-state index is -2.63. The van der Waals surface area contributed by atoms with Gasteiger partial charge in [-0.25, -0.2) is 4.79 Å². The zero-order valence-electron chi connectivity index (χ0n) is 16.3. The fraction of sp³-hybridized carbons (Fsp3) is 0.200. The summed E-state index contributed by atoms with van der Waals surface area (Å²) in [6.07, 6.45) is -0.195. The number of Topliss-reactive ketones (excluding diaryl/α,β-unsaturated/α-hetero) is 1. The second-order valence-electron chi connectivity index (χ2n) is 5.96. The molecule has 0 aliphatic heterocycles. The quantitative estimate of drug-likeness (QED) is 0.128. The van der Waals surface area contributed by atoms with Crippen molar-refractivity contribution in [2.45, 2.75) is 19.1 Å². The van der Waals surface area contributed by atoms with Gasteiger partial charge in [0.05, 0.1) is 12.7 Å². The maximum atomic E-state index is 12.9. The average molecular weight is 527 g/mol. The average Bonchev–Trinajstić information content (AvgIpc) is 2.72. The molecule has 1 amide bonds. The van der Waals surface area contributed by atoms with Gasteiger partial charge in [-0.05, 0) is 24.3 Å². The van der Waals surface area contributed by atoms with Crippen LogP contribution in [-0.2, 0) is 9.59 Å². The van der Waals surface area contributed by atoms with E-state index in [2.05, 4.69) is 5.32 Å². The zero-order valence-corrected chi connectivity index (χ0v) is 18.6. The fourth-order valence-electron chi connectivity index (χ4n) is 2.56. The van der Waals surface area contributed by atoms with Crippen molar-refractivity contribution in [3.63, 3.8) is 0 Å². The number of halogens is 1. The third-order valence-electron chi connectivity index (χ3n) is 4.08. The molecule has 5 N–H and O–H groups in total. The van der Waals surface area contributed by atoms with Crippen LogP contribution in [0.5, 0.6) is 11.5 Å². The number of nitrogens with one attached hydrogen (secondary N) is 2. The van der Waals surface area contributed by atoms with Crippen molar-refractivity contribution in [3.05, 3.63) is 59.7 Å². The number of carboxylic acid groups (broad SMARTS) is 1. The maximum Gasteiger partial charge on any atom is 0.378 e. The molecule has 0 spiro atoms. The number of rotatable bonds is 9. The summed E-state index contributed by atoms with van der Waals surface area (Å²) in [5.41, 5.74) is 3.07. The molecule has 0 aliphatic rings. The molecule has 30 heavy (non-hydrogen) atoms. The molecule has 0 radical (unpaired) electrons. The van der Waals surface area contributed by atoms with Crippen molar-refractivity contribution in [3.8, 4) is 11.5 Å². The summed E-state index contributed by atoms with van der Waals surface area (Å²) in [5, 5.41) is 19.5. The lowest BCUT2D eigenvalue weighted by Crippen LogP contribution is -2.64. The van der Waals surface area contributed by atoms with E-state index in [0.29, 0.717) is 5.56 Å². The van der Waals surface area contributed by atoms with Crippen molar-refractivity contribution in [2.24, 2.45) is 5.73 Å². The molecule has 1 atom stereocenters. The van der Waals surface area contributed by atoms with Gasteiger partial charge >= 0.3 is 11.7 Å². The molecule has 0 aromatic heterocycles. The van der Waals surface area contributed by atoms with Crippen LogP contribution in [0.1, 0.15) is 29.3 Å². The van der Waals surface area contributed by atoms with Crippen molar-refractivity contribution < 1.29 is 29.0 Å². The van der Waals surface area contributed by atoms with Gasteiger partial charge in [0.2, 0.25) is 5.78 Å². The Kier molecular flexibility index (Phi) is 8.77. The number of amidine groups is 1. The number of para-hydroxylation sites is 1. The summed E-state index contributed by atoms with van der Waals surface area (Å²) < 4.78 is 10.6. The van der Waals surface area contributed by atoms with Gasteiger partial charge in [-0.3, -0.25) is 20.3 Å². The lowest BCUT2D eigenvalue weighted by molar-refractivity contribution is -0.164. The van der Waals surface area contributed by atoms with E-state index >= 15 is 0 Å². The third kappa shape index (κ3) is 5.26. The summed E-state index contributed by atoms with van der Waals surface area (Å²) in [4.78, 5) is 37.5.